The molecule has 2 N–H and O–H groups in total. The number of aryl methyl sites for hydroxylation is 1. The van der Waals surface area contributed by atoms with Gasteiger partial charge in [0.25, 0.3) is 0 Å². The zero-order chi connectivity index (χ0) is 21.8. The second-order valence-corrected chi connectivity index (χ2v) is 8.40. The Hall–Kier alpha value is -3.18. The van der Waals surface area contributed by atoms with Crippen LogP contribution in [0.15, 0.2) is 30.5 Å². The van der Waals surface area contributed by atoms with Crippen LogP contribution in [0.1, 0.15) is 10.7 Å². The first-order valence-electron chi connectivity index (χ1n) is 9.88. The molecule has 2 aromatic heterocycles. The van der Waals surface area contributed by atoms with E-state index in [1.54, 1.807) is 18.3 Å². The number of carbonyl (C=O) groups is 1. The van der Waals surface area contributed by atoms with Crippen LogP contribution in [0.4, 0.5) is 27.1 Å². The van der Waals surface area contributed by atoms with Crippen molar-refractivity contribution in [1.82, 2.24) is 24.8 Å². The molecular formula is C20H23FN8OS. The highest BCUT2D eigenvalue weighted by molar-refractivity contribution is 7.15. The molecule has 0 atom stereocenters. The zero-order valence-corrected chi connectivity index (χ0v) is 18.1. The summed E-state index contributed by atoms with van der Waals surface area (Å²) in [6, 6.07) is 5.79. The number of hydrogen-bond acceptors (Lipinski definition) is 9. The van der Waals surface area contributed by atoms with Crippen LogP contribution < -0.4 is 15.5 Å². The van der Waals surface area contributed by atoms with Crippen LogP contribution >= 0.6 is 11.3 Å². The normalized spacial score (nSPS) is 14.5. The molecule has 1 amide bonds. The number of benzene rings is 1. The van der Waals surface area contributed by atoms with E-state index < -0.39 is 5.82 Å². The predicted molar refractivity (Wildman–Crippen MR) is 118 cm³/mol. The Morgan fingerprint density at radius 3 is 2.77 bits per heavy atom. The van der Waals surface area contributed by atoms with E-state index in [2.05, 4.69) is 47.4 Å². The maximum absolute atomic E-state index is 13.3. The van der Waals surface area contributed by atoms with Crippen molar-refractivity contribution >= 4 is 40.0 Å². The molecular weight excluding hydrogens is 419 g/mol. The van der Waals surface area contributed by atoms with Crippen molar-refractivity contribution in [2.45, 2.75) is 13.3 Å². The van der Waals surface area contributed by atoms with Crippen LogP contribution in [0.2, 0.25) is 0 Å². The number of amides is 1. The minimum atomic E-state index is -0.398. The third-order valence-corrected chi connectivity index (χ3v) is 5.65. The van der Waals surface area contributed by atoms with Gasteiger partial charge in [0, 0.05) is 42.9 Å². The lowest BCUT2D eigenvalue weighted by Gasteiger charge is -2.32. The number of hydrogen-bond donors (Lipinski definition) is 2. The maximum Gasteiger partial charge on any atom is 0.234 e. The monoisotopic (exact) mass is 442 g/mol. The van der Waals surface area contributed by atoms with Gasteiger partial charge in [0.1, 0.15) is 11.6 Å². The number of rotatable bonds is 6. The first kappa shape index (κ1) is 21.1. The van der Waals surface area contributed by atoms with Gasteiger partial charge in [0.15, 0.2) is 5.13 Å². The Bertz CT molecular complexity index is 1070. The Kier molecular flexibility index (Phi) is 6.33. The lowest BCUT2D eigenvalue weighted by molar-refractivity contribution is -0.115. The minimum Gasteiger partial charge on any atom is -0.338 e. The van der Waals surface area contributed by atoms with Crippen LogP contribution in [0.5, 0.6) is 0 Å². The Morgan fingerprint density at radius 2 is 2.00 bits per heavy atom. The average Bonchev–Trinajstić information content (AvgIpc) is 3.14. The fourth-order valence-electron chi connectivity index (χ4n) is 3.14. The van der Waals surface area contributed by atoms with Crippen molar-refractivity contribution < 1.29 is 9.18 Å². The van der Waals surface area contributed by atoms with E-state index in [1.165, 1.54) is 23.5 Å². The van der Waals surface area contributed by atoms with Crippen molar-refractivity contribution in [1.29, 1.82) is 0 Å². The molecule has 1 aromatic carbocycles. The molecule has 1 saturated heterocycles. The van der Waals surface area contributed by atoms with E-state index in [-0.39, 0.29) is 12.3 Å². The highest BCUT2D eigenvalue weighted by Gasteiger charge is 2.18. The number of thiazole rings is 1. The smallest absolute Gasteiger partial charge is 0.234 e. The second kappa shape index (κ2) is 9.31. The van der Waals surface area contributed by atoms with Crippen molar-refractivity contribution in [3.05, 3.63) is 47.0 Å². The number of nitrogens with zero attached hydrogens (tertiary/aromatic N) is 6. The lowest BCUT2D eigenvalue weighted by atomic mass is 10.3. The van der Waals surface area contributed by atoms with Gasteiger partial charge >= 0.3 is 0 Å². The van der Waals surface area contributed by atoms with Crippen LogP contribution in [0.3, 0.4) is 0 Å². The lowest BCUT2D eigenvalue weighted by Crippen LogP contribution is -2.45. The van der Waals surface area contributed by atoms with Crippen molar-refractivity contribution in [2.24, 2.45) is 0 Å². The van der Waals surface area contributed by atoms with Crippen LogP contribution in [-0.4, -0.2) is 64.0 Å². The summed E-state index contributed by atoms with van der Waals surface area (Å²) in [4.78, 5) is 35.1. The molecule has 1 aliphatic heterocycles. The number of piperazine rings is 1. The van der Waals surface area contributed by atoms with E-state index >= 15 is 0 Å². The molecule has 0 aliphatic carbocycles. The van der Waals surface area contributed by atoms with E-state index in [0.29, 0.717) is 28.5 Å². The van der Waals surface area contributed by atoms with Gasteiger partial charge in [0.2, 0.25) is 17.8 Å². The average molecular weight is 443 g/mol. The van der Waals surface area contributed by atoms with Gasteiger partial charge in [-0.2, -0.15) is 15.0 Å². The zero-order valence-electron chi connectivity index (χ0n) is 17.3. The summed E-state index contributed by atoms with van der Waals surface area (Å²) in [7, 11) is 2.10. The van der Waals surface area contributed by atoms with Crippen LogP contribution in [0.25, 0.3) is 0 Å². The molecule has 0 radical (unpaired) electrons. The van der Waals surface area contributed by atoms with Crippen molar-refractivity contribution in [3.8, 4) is 0 Å². The van der Waals surface area contributed by atoms with Gasteiger partial charge in [-0.15, -0.1) is 11.3 Å². The van der Waals surface area contributed by atoms with Gasteiger partial charge in [-0.25, -0.2) is 9.37 Å². The molecule has 0 spiro atoms. The molecule has 0 saturated carbocycles. The van der Waals surface area contributed by atoms with Gasteiger partial charge < -0.3 is 15.1 Å². The number of aromatic nitrogens is 4. The van der Waals surface area contributed by atoms with E-state index in [0.717, 1.165) is 31.1 Å². The Labute approximate surface area is 183 Å². The molecule has 1 aliphatic rings. The standard InChI is InChI=1S/C20H23FN8OS/c1-13-23-18(26-19(24-13)29-8-6-28(2)7-9-29)27-20-22-12-16(31-20)11-17(30)25-15-5-3-4-14(21)10-15/h3-5,10,12H,6-9,11H2,1-2H3,(H,25,30)(H,22,23,24,26,27). The number of nitrogens with one attached hydrogen (secondary N) is 2. The molecule has 4 rings (SSSR count). The fraction of sp³-hybridized carbons (Fsp3) is 0.350. The third-order valence-electron chi connectivity index (χ3n) is 4.74. The topological polar surface area (TPSA) is 99.2 Å². The first-order chi connectivity index (χ1) is 14.9. The van der Waals surface area contributed by atoms with Crippen molar-refractivity contribution in [3.63, 3.8) is 0 Å². The molecule has 162 valence electrons. The predicted octanol–water partition coefficient (Wildman–Crippen LogP) is 2.45. The van der Waals surface area contributed by atoms with Gasteiger partial charge in [-0.3, -0.25) is 10.1 Å². The number of carbonyl (C=O) groups excluding carboxylic acids is 1. The van der Waals surface area contributed by atoms with Gasteiger partial charge in [-0.05, 0) is 32.2 Å². The van der Waals surface area contributed by atoms with Crippen LogP contribution in [-0.2, 0) is 11.2 Å². The minimum absolute atomic E-state index is 0.138. The summed E-state index contributed by atoms with van der Waals surface area (Å²) >= 11 is 1.34. The maximum atomic E-state index is 13.3. The van der Waals surface area contributed by atoms with E-state index in [9.17, 15) is 9.18 Å². The van der Waals surface area contributed by atoms with Crippen LogP contribution in [0, 0.1) is 12.7 Å². The molecule has 3 aromatic rings. The van der Waals surface area contributed by atoms with Crippen molar-refractivity contribution in [2.75, 3.05) is 48.8 Å². The molecule has 1 fully saturated rings. The van der Waals surface area contributed by atoms with E-state index in [1.807, 2.05) is 6.92 Å². The molecule has 11 heteroatoms. The summed E-state index contributed by atoms with van der Waals surface area (Å²) in [6.45, 7) is 5.47. The summed E-state index contributed by atoms with van der Waals surface area (Å²) in [5, 5.41) is 6.38. The largest absolute Gasteiger partial charge is 0.338 e. The first-order valence-corrected chi connectivity index (χ1v) is 10.7. The fourth-order valence-corrected chi connectivity index (χ4v) is 3.95. The van der Waals surface area contributed by atoms with E-state index in [4.69, 9.17) is 0 Å². The molecule has 3 heterocycles. The summed E-state index contributed by atoms with van der Waals surface area (Å²) < 4.78 is 13.3. The quantitative estimate of drug-likeness (QED) is 0.601. The Morgan fingerprint density at radius 1 is 1.19 bits per heavy atom. The molecule has 9 nitrogen and oxygen atoms in total. The number of anilines is 4. The summed E-state index contributed by atoms with van der Waals surface area (Å²) in [5.74, 6) is 1.05. The molecule has 0 unspecified atom stereocenters. The molecule has 31 heavy (non-hydrogen) atoms. The summed E-state index contributed by atoms with van der Waals surface area (Å²) in [6.07, 6.45) is 1.77. The number of likely N-dealkylation sites (N-methyl/N-ethyl adjacent to an activating group) is 1. The Balaban J connectivity index is 1.39. The highest BCUT2D eigenvalue weighted by atomic mass is 32.1. The SMILES string of the molecule is Cc1nc(Nc2ncc(CC(=O)Nc3cccc(F)c3)s2)nc(N2CCN(C)CC2)n1. The van der Waals surface area contributed by atoms with Gasteiger partial charge in [-0.1, -0.05) is 6.07 Å². The number of halogens is 1. The van der Waals surface area contributed by atoms with Gasteiger partial charge in [0.05, 0.1) is 6.42 Å². The third kappa shape index (κ3) is 5.70. The summed E-state index contributed by atoms with van der Waals surface area (Å²) in [5.41, 5.74) is 0.421. The second-order valence-electron chi connectivity index (χ2n) is 7.29. The highest BCUT2D eigenvalue weighted by Crippen LogP contribution is 2.23. The molecule has 0 bridgehead atoms.